The van der Waals surface area contributed by atoms with E-state index in [2.05, 4.69) is 74.3 Å². The first-order valence-corrected chi connectivity index (χ1v) is 15.2. The Hall–Kier alpha value is -0.596. The minimum atomic E-state index is -2.16. The van der Waals surface area contributed by atoms with Gasteiger partial charge in [0.2, 0.25) is 0 Å². The highest BCUT2D eigenvalue weighted by Crippen LogP contribution is 2.42. The van der Waals surface area contributed by atoms with E-state index in [0.29, 0.717) is 12.2 Å². The maximum absolute atomic E-state index is 12.8. The molecule has 0 aliphatic carbocycles. The molecule has 0 aromatic rings. The monoisotopic (exact) mass is 402 g/mol. The molecular weight excluding hydrogens is 360 g/mol. The van der Waals surface area contributed by atoms with Crippen LogP contribution in [0, 0.1) is 0 Å². The molecule has 154 valence electrons. The van der Waals surface area contributed by atoms with Crippen LogP contribution < -0.4 is 0 Å². The Bertz CT molecular complexity index is 513. The third-order valence-electron chi connectivity index (χ3n) is 5.86. The maximum atomic E-state index is 12.8. The van der Waals surface area contributed by atoms with Crippen molar-refractivity contribution in [2.75, 3.05) is 7.11 Å². The van der Waals surface area contributed by atoms with Crippen molar-refractivity contribution in [3.8, 4) is 0 Å². The van der Waals surface area contributed by atoms with Gasteiger partial charge in [-0.05, 0) is 43.2 Å². The van der Waals surface area contributed by atoms with E-state index in [9.17, 15) is 4.79 Å². The molecule has 0 N–H and O–H groups in total. The Labute approximate surface area is 163 Å². The van der Waals surface area contributed by atoms with Crippen LogP contribution in [-0.4, -0.2) is 35.3 Å². The van der Waals surface area contributed by atoms with Crippen molar-refractivity contribution in [1.82, 2.24) is 0 Å². The Kier molecular flexibility index (Phi) is 8.00. The van der Waals surface area contributed by atoms with Crippen LogP contribution in [-0.2, 0) is 18.4 Å². The summed E-state index contributed by atoms with van der Waals surface area (Å²) in [5.41, 5.74) is -0.685. The lowest BCUT2D eigenvalue weighted by molar-refractivity contribution is -0.140. The number of carbonyl (C=O) groups excluding carboxylic acids is 1. The average Bonchev–Trinajstić information content (AvgIpc) is 2.33. The molecule has 6 heteroatoms. The molecule has 0 fully saturated rings. The Balaban J connectivity index is 5.51. The number of hydrogen-bond acceptors (Lipinski definition) is 4. The summed E-state index contributed by atoms with van der Waals surface area (Å²) < 4.78 is 17.9. The van der Waals surface area contributed by atoms with E-state index >= 15 is 0 Å². The van der Waals surface area contributed by atoms with E-state index in [4.69, 9.17) is 13.6 Å². The van der Waals surface area contributed by atoms with Gasteiger partial charge in [0, 0.05) is 6.42 Å². The van der Waals surface area contributed by atoms with E-state index in [-0.39, 0.29) is 22.5 Å². The lowest BCUT2D eigenvalue weighted by atomic mass is 9.97. The van der Waals surface area contributed by atoms with Crippen molar-refractivity contribution in [2.45, 2.75) is 103 Å². The number of ether oxygens (including phenoxy) is 1. The second-order valence-electron chi connectivity index (χ2n) is 10.6. The number of carbonyl (C=O) groups is 1. The Morgan fingerprint density at radius 1 is 0.846 bits per heavy atom. The molecular formula is C20H42O4Si2. The van der Waals surface area contributed by atoms with Crippen LogP contribution in [0.2, 0.25) is 36.3 Å². The van der Waals surface area contributed by atoms with Gasteiger partial charge in [0.15, 0.2) is 8.32 Å². The average molecular weight is 403 g/mol. The van der Waals surface area contributed by atoms with Crippen LogP contribution in [0.3, 0.4) is 0 Å². The van der Waals surface area contributed by atoms with E-state index in [1.165, 1.54) is 0 Å². The van der Waals surface area contributed by atoms with Gasteiger partial charge in [-0.15, -0.1) is 0 Å². The molecule has 0 saturated heterocycles. The summed E-state index contributed by atoms with van der Waals surface area (Å²) >= 11 is 0. The van der Waals surface area contributed by atoms with Gasteiger partial charge in [0.05, 0.1) is 24.9 Å². The van der Waals surface area contributed by atoms with Gasteiger partial charge in [-0.3, -0.25) is 4.79 Å². The normalized spacial score (nSPS) is 16.0. The molecule has 0 unspecified atom stereocenters. The minimum absolute atomic E-state index is 0.0184. The van der Waals surface area contributed by atoms with Gasteiger partial charge in [-0.1, -0.05) is 48.1 Å². The quantitative estimate of drug-likeness (QED) is 0.355. The lowest BCUT2D eigenvalue weighted by Gasteiger charge is -2.44. The van der Waals surface area contributed by atoms with Gasteiger partial charge >= 0.3 is 0 Å². The third-order valence-corrected chi connectivity index (χ3v) is 14.8. The second kappa shape index (κ2) is 8.19. The molecule has 0 aromatic heterocycles. The number of hydrogen-bond donors (Lipinski definition) is 0. The molecule has 0 saturated carbocycles. The first-order valence-electron chi connectivity index (χ1n) is 9.40. The molecule has 0 rings (SSSR count). The van der Waals surface area contributed by atoms with Crippen LogP contribution in [0.1, 0.15) is 61.3 Å². The smallest absolute Gasteiger partial charge is 0.295 e. The summed E-state index contributed by atoms with van der Waals surface area (Å²) in [6.07, 6.45) is 0.678. The van der Waals surface area contributed by atoms with Crippen molar-refractivity contribution < 1.29 is 18.4 Å². The molecule has 0 spiro atoms. The summed E-state index contributed by atoms with van der Waals surface area (Å²) in [6, 6.07) is 0. The largest absolute Gasteiger partial charge is 0.519 e. The number of rotatable bonds is 8. The van der Waals surface area contributed by atoms with Crippen LogP contribution in [0.4, 0.5) is 0 Å². The fourth-order valence-electron chi connectivity index (χ4n) is 2.17. The topological polar surface area (TPSA) is 44.8 Å². The maximum Gasteiger partial charge on any atom is 0.295 e. The van der Waals surface area contributed by atoms with Gasteiger partial charge < -0.3 is 13.6 Å². The van der Waals surface area contributed by atoms with E-state index in [0.717, 1.165) is 0 Å². The van der Waals surface area contributed by atoms with Gasteiger partial charge in [0.1, 0.15) is 0 Å². The molecule has 4 nitrogen and oxygen atoms in total. The van der Waals surface area contributed by atoms with Crippen LogP contribution in [0.15, 0.2) is 12.3 Å². The molecule has 0 radical (unpaired) electrons. The molecule has 0 heterocycles. The highest BCUT2D eigenvalue weighted by Gasteiger charge is 2.46. The highest BCUT2D eigenvalue weighted by molar-refractivity contribution is 6.75. The zero-order valence-corrected chi connectivity index (χ0v) is 21.3. The fourth-order valence-corrected chi connectivity index (χ4v) is 4.80. The van der Waals surface area contributed by atoms with Crippen LogP contribution in [0.5, 0.6) is 0 Å². The fraction of sp³-hybridized carbons (Fsp3) is 0.850. The SMILES string of the molecule is C=C(C[C@](C)(CC(=O)O[Si](C)(C)C(C)(C)C)O[Si](C)(C)C(C)(C)C)OC. The van der Waals surface area contributed by atoms with Gasteiger partial charge in [0.25, 0.3) is 14.3 Å². The summed E-state index contributed by atoms with van der Waals surface area (Å²) in [6.45, 7) is 27.5. The minimum Gasteiger partial charge on any atom is -0.519 e. The zero-order chi connectivity index (χ0) is 21.2. The Morgan fingerprint density at radius 2 is 1.27 bits per heavy atom. The van der Waals surface area contributed by atoms with Crippen LogP contribution >= 0.6 is 0 Å². The molecule has 0 aromatic carbocycles. The summed E-state index contributed by atoms with van der Waals surface area (Å²) in [4.78, 5) is 12.8. The highest BCUT2D eigenvalue weighted by atomic mass is 28.4. The number of methoxy groups -OCH3 is 1. The van der Waals surface area contributed by atoms with Crippen molar-refractivity contribution in [3.05, 3.63) is 12.3 Å². The molecule has 1 atom stereocenters. The molecule has 0 aliphatic rings. The molecule has 26 heavy (non-hydrogen) atoms. The second-order valence-corrected chi connectivity index (χ2v) is 20.1. The Morgan fingerprint density at radius 3 is 1.62 bits per heavy atom. The van der Waals surface area contributed by atoms with Crippen molar-refractivity contribution in [2.24, 2.45) is 0 Å². The molecule has 0 amide bonds. The van der Waals surface area contributed by atoms with Crippen LogP contribution in [0.25, 0.3) is 0 Å². The first kappa shape index (κ1) is 25.4. The van der Waals surface area contributed by atoms with Crippen molar-refractivity contribution in [1.29, 1.82) is 0 Å². The van der Waals surface area contributed by atoms with E-state index in [1.54, 1.807) is 7.11 Å². The molecule has 0 aliphatic heterocycles. The predicted molar refractivity (Wildman–Crippen MR) is 115 cm³/mol. The predicted octanol–water partition coefficient (Wildman–Crippen LogP) is 6.26. The van der Waals surface area contributed by atoms with Crippen molar-refractivity contribution >= 4 is 22.6 Å². The van der Waals surface area contributed by atoms with E-state index < -0.39 is 22.2 Å². The molecule has 0 bridgehead atoms. The first-order chi connectivity index (χ1) is 11.3. The van der Waals surface area contributed by atoms with Gasteiger partial charge in [-0.2, -0.15) is 0 Å². The van der Waals surface area contributed by atoms with Crippen molar-refractivity contribution in [3.63, 3.8) is 0 Å². The third kappa shape index (κ3) is 7.20. The lowest BCUT2D eigenvalue weighted by Crippen LogP contribution is -2.50. The zero-order valence-electron chi connectivity index (χ0n) is 19.3. The summed E-state index contributed by atoms with van der Waals surface area (Å²) in [5, 5.41) is 0.0292. The van der Waals surface area contributed by atoms with E-state index in [1.807, 2.05) is 6.92 Å². The van der Waals surface area contributed by atoms with Gasteiger partial charge in [-0.25, -0.2) is 0 Å². The summed E-state index contributed by atoms with van der Waals surface area (Å²) in [7, 11) is -2.63. The summed E-state index contributed by atoms with van der Waals surface area (Å²) in [5.74, 6) is 0.424. The standard InChI is InChI=1S/C20H42O4Si2/c1-16(22-9)14-20(8,24-26(12,13)19(5,6)7)15-17(21)23-25(10,11)18(2,3)4/h1,14-15H2,2-13H3/t20-/m1/s1.